The first-order valence-electron chi connectivity index (χ1n) is 40.6. The minimum Gasteiger partial charge on any atom is -0.309 e. The molecule has 4 heterocycles. The summed E-state index contributed by atoms with van der Waals surface area (Å²) in [7, 11) is 0. The predicted molar refractivity (Wildman–Crippen MR) is 467 cm³/mol. The van der Waals surface area contributed by atoms with Crippen molar-refractivity contribution < 1.29 is 92.2 Å². The number of alkyl halides is 21. The van der Waals surface area contributed by atoms with Crippen LogP contribution in [0.2, 0.25) is 0 Å². The number of hydrogen-bond donors (Lipinski definition) is 0. The predicted octanol–water partition coefficient (Wildman–Crippen LogP) is 31.7. The highest BCUT2D eigenvalue weighted by Gasteiger charge is 2.43. The highest BCUT2D eigenvalue weighted by atomic mass is 19.4. The van der Waals surface area contributed by atoms with Crippen molar-refractivity contribution in [2.24, 2.45) is 0 Å². The number of aryl methyl sites for hydroxylation is 1. The first-order chi connectivity index (χ1) is 63.2. The van der Waals surface area contributed by atoms with Gasteiger partial charge in [0, 0.05) is 66.3 Å². The van der Waals surface area contributed by atoms with E-state index in [0.717, 1.165) is 6.07 Å². The molecule has 133 heavy (non-hydrogen) atoms. The molecule has 0 saturated carbocycles. The van der Waals surface area contributed by atoms with E-state index in [1.807, 2.05) is 6.07 Å². The Kier molecular flexibility index (Phi) is 21.2. The van der Waals surface area contributed by atoms with Gasteiger partial charge in [0.25, 0.3) is 0 Å². The molecule has 19 rings (SSSR count). The zero-order valence-corrected chi connectivity index (χ0v) is 68.2. The number of halogens is 21. The van der Waals surface area contributed by atoms with Crippen LogP contribution in [0.1, 0.15) is 44.5 Å². The quantitative estimate of drug-likeness (QED) is 0.101. The molecule has 0 aliphatic heterocycles. The summed E-state index contributed by atoms with van der Waals surface area (Å²) >= 11 is 0. The summed E-state index contributed by atoms with van der Waals surface area (Å²) in [6.07, 6.45) is -36.7. The molecule has 0 atom stereocenters. The summed E-state index contributed by atoms with van der Waals surface area (Å²) in [5, 5.41) is 0.375. The Balaban J connectivity index is 0.856. The van der Waals surface area contributed by atoms with Crippen LogP contribution in [-0.2, 0) is 43.2 Å². The van der Waals surface area contributed by atoms with Gasteiger partial charge >= 0.3 is 43.2 Å². The Hall–Kier alpha value is -15.6. The molecular formula is C104H57F21N8. The van der Waals surface area contributed by atoms with E-state index in [0.29, 0.717) is 86.6 Å². The van der Waals surface area contributed by atoms with Gasteiger partial charge < -0.3 is 9.13 Å². The van der Waals surface area contributed by atoms with Crippen LogP contribution in [0.5, 0.6) is 0 Å². The molecule has 4 aromatic heterocycles. The van der Waals surface area contributed by atoms with Crippen molar-refractivity contribution in [1.29, 1.82) is 0 Å². The van der Waals surface area contributed by atoms with Gasteiger partial charge in [0.15, 0.2) is 34.9 Å². The molecule has 0 aliphatic carbocycles. The van der Waals surface area contributed by atoms with Gasteiger partial charge in [-0.1, -0.05) is 212 Å². The van der Waals surface area contributed by atoms with Crippen LogP contribution in [0, 0.1) is 6.92 Å². The zero-order valence-electron chi connectivity index (χ0n) is 68.2. The number of hydrogen-bond acceptors (Lipinski definition) is 6. The van der Waals surface area contributed by atoms with Gasteiger partial charge in [-0.2, -0.15) is 92.2 Å². The van der Waals surface area contributed by atoms with Crippen molar-refractivity contribution in [3.05, 3.63) is 372 Å². The molecular weight excluding hydrogens is 1760 g/mol. The van der Waals surface area contributed by atoms with Crippen molar-refractivity contribution in [2.45, 2.75) is 50.2 Å². The molecule has 19 aromatic rings. The van der Waals surface area contributed by atoms with Crippen molar-refractivity contribution in [1.82, 2.24) is 39.0 Å². The lowest BCUT2D eigenvalue weighted by molar-refractivity contribution is -0.144. The average molecular weight is 1820 g/mol. The highest BCUT2D eigenvalue weighted by Crippen LogP contribution is 2.51. The van der Waals surface area contributed by atoms with E-state index in [1.54, 1.807) is 191 Å². The largest absolute Gasteiger partial charge is 0.417 e. The van der Waals surface area contributed by atoms with Crippen molar-refractivity contribution in [3.8, 4) is 146 Å². The van der Waals surface area contributed by atoms with Crippen LogP contribution >= 0.6 is 0 Å². The number of fused-ring (bicyclic) bond motifs is 6. The topological polar surface area (TPSA) is 87.2 Å². The lowest BCUT2D eigenvalue weighted by atomic mass is 9.92. The molecule has 0 radical (unpaired) electrons. The minimum absolute atomic E-state index is 0.00739. The maximum absolute atomic E-state index is 15.2. The van der Waals surface area contributed by atoms with Gasteiger partial charge in [0.05, 0.1) is 61.0 Å². The van der Waals surface area contributed by atoms with Crippen LogP contribution in [0.3, 0.4) is 0 Å². The Morgan fingerprint density at radius 3 is 0.692 bits per heavy atom. The third-order valence-electron chi connectivity index (χ3n) is 23.1. The highest BCUT2D eigenvalue weighted by molar-refractivity contribution is 6.14. The lowest BCUT2D eigenvalue weighted by Gasteiger charge is -2.18. The van der Waals surface area contributed by atoms with Crippen molar-refractivity contribution in [2.75, 3.05) is 0 Å². The molecule has 0 saturated heterocycles. The van der Waals surface area contributed by atoms with E-state index in [2.05, 4.69) is 0 Å². The maximum Gasteiger partial charge on any atom is 0.417 e. The van der Waals surface area contributed by atoms with Gasteiger partial charge in [0.1, 0.15) is 0 Å². The maximum atomic E-state index is 15.2. The summed E-state index contributed by atoms with van der Waals surface area (Å²) in [5.74, 6) is 0.810. The summed E-state index contributed by atoms with van der Waals surface area (Å²) in [4.78, 5) is 30.7. The third kappa shape index (κ3) is 16.7. The molecule has 15 aromatic carbocycles. The van der Waals surface area contributed by atoms with E-state index in [9.17, 15) is 39.5 Å². The normalized spacial score (nSPS) is 12.6. The Bertz CT molecular complexity index is 7420. The standard InChI is InChI=1S/C104H57F21N8/c1-56-25-35-74(84(45-56)101(114,115)116)63-26-41-88-78(47-63)79-48-64(75-36-30-67(98(105,106)107)51-85(75)102(117,118)119)27-42-89(79)132(88)70-33-39-72(82(54-70)96-128-92(57-15-6-2-7-16-57)126-93(129-96)58-17-8-3-9-18-58)61-23-14-24-62(46-61)73-40-34-71(55-83(73)97-130-94(59-19-10-4-11-20-59)127-95(131-97)60-21-12-5-13-22-60)133-90-43-28-65(76-37-31-68(99(108,109)110)52-86(76)103(120,121)122)49-80(90)81-50-66(29-44-91(81)133)77-38-32-69(100(111,112)113)53-87(77)104(123,124)125/h2-55H,1H3. The zero-order chi connectivity index (χ0) is 93.3. The summed E-state index contributed by atoms with van der Waals surface area (Å²) in [5.41, 5.74) is -7.90. The molecule has 660 valence electrons. The van der Waals surface area contributed by atoms with E-state index >= 15 is 52.7 Å². The van der Waals surface area contributed by atoms with Crippen LogP contribution in [0.15, 0.2) is 328 Å². The van der Waals surface area contributed by atoms with Crippen LogP contribution in [-0.4, -0.2) is 39.0 Å². The molecule has 8 nitrogen and oxygen atoms in total. The van der Waals surface area contributed by atoms with Gasteiger partial charge in [0.2, 0.25) is 0 Å². The molecule has 0 N–H and O–H groups in total. The first kappa shape index (κ1) is 86.8. The van der Waals surface area contributed by atoms with Gasteiger partial charge in [-0.15, -0.1) is 0 Å². The van der Waals surface area contributed by atoms with E-state index < -0.39 is 98.9 Å². The Morgan fingerprint density at radius 1 is 0.180 bits per heavy atom. The molecule has 29 heteroatoms. The second kappa shape index (κ2) is 32.5. The SMILES string of the molecule is Cc1ccc(-c2ccc3c(c2)c2cc(-c4ccc(C(F)(F)F)cc4C(F)(F)F)ccc2n3-c2ccc(-c3cccc(-c4ccc(-n5c6ccc(-c7ccc(C(F)(F)F)cc7C(F)(F)F)cc6c6cc(-c7ccc(C(F)(F)F)cc7C(F)(F)F)ccc65)cc4-c4nc(-c5ccccc5)nc(-c5ccccc5)n4)c3)c(-c3nc(-c4ccccc4)nc(-c4ccccc4)n3)c2)c(C(F)(F)F)c1. The minimum atomic E-state index is -5.40. The van der Waals surface area contributed by atoms with Gasteiger partial charge in [-0.3, -0.25) is 0 Å². The molecule has 0 amide bonds. The Labute approximate surface area is 740 Å². The van der Waals surface area contributed by atoms with Crippen molar-refractivity contribution in [3.63, 3.8) is 0 Å². The number of aromatic nitrogens is 8. The second-order valence-electron chi connectivity index (χ2n) is 31.5. The monoisotopic (exact) mass is 1820 g/mol. The van der Waals surface area contributed by atoms with Crippen LogP contribution in [0.4, 0.5) is 92.2 Å². The first-order valence-corrected chi connectivity index (χ1v) is 40.6. The number of benzene rings is 15. The second-order valence-corrected chi connectivity index (χ2v) is 31.5. The number of nitrogens with zero attached hydrogens (tertiary/aromatic N) is 8. The molecule has 0 aliphatic rings. The van der Waals surface area contributed by atoms with E-state index in [4.69, 9.17) is 29.9 Å². The number of rotatable bonds is 14. The summed E-state index contributed by atoms with van der Waals surface area (Å²) in [6.45, 7) is 1.48. The molecule has 0 spiro atoms. The summed E-state index contributed by atoms with van der Waals surface area (Å²) < 4.78 is 314. The smallest absolute Gasteiger partial charge is 0.309 e. The van der Waals surface area contributed by atoms with E-state index in [1.165, 1.54) is 85.8 Å². The Morgan fingerprint density at radius 2 is 0.421 bits per heavy atom. The molecule has 0 unspecified atom stereocenters. The van der Waals surface area contributed by atoms with Gasteiger partial charge in [-0.05, 0) is 195 Å². The fourth-order valence-electron chi connectivity index (χ4n) is 17.0. The fraction of sp³-hybridized carbons (Fsp3) is 0.0769. The molecule has 0 bridgehead atoms. The van der Waals surface area contributed by atoms with Crippen LogP contribution < -0.4 is 0 Å². The van der Waals surface area contributed by atoms with Gasteiger partial charge in [-0.25, -0.2) is 29.9 Å². The molecule has 0 fully saturated rings. The lowest BCUT2D eigenvalue weighted by Crippen LogP contribution is -2.12. The van der Waals surface area contributed by atoms with Crippen LogP contribution in [0.25, 0.3) is 190 Å². The summed E-state index contributed by atoms with van der Waals surface area (Å²) in [6, 6.07) is 76.0. The van der Waals surface area contributed by atoms with Crippen molar-refractivity contribution >= 4 is 43.6 Å². The average Bonchev–Trinajstić information content (AvgIpc) is 1.64. The van der Waals surface area contributed by atoms with E-state index in [-0.39, 0.29) is 147 Å². The fourth-order valence-corrected chi connectivity index (χ4v) is 17.0. The third-order valence-corrected chi connectivity index (χ3v) is 23.1.